The van der Waals surface area contributed by atoms with Gasteiger partial charge in [-0.1, -0.05) is 6.92 Å². The Labute approximate surface area is 143 Å². The van der Waals surface area contributed by atoms with Crippen molar-refractivity contribution in [3.05, 3.63) is 24.3 Å². The zero-order chi connectivity index (χ0) is 17.8. The highest BCUT2D eigenvalue weighted by Gasteiger charge is 2.33. The Morgan fingerprint density at radius 3 is 2.33 bits per heavy atom. The van der Waals surface area contributed by atoms with E-state index in [0.717, 1.165) is 12.8 Å². The van der Waals surface area contributed by atoms with Crippen LogP contribution >= 0.6 is 0 Å². The predicted molar refractivity (Wildman–Crippen MR) is 92.2 cm³/mol. The number of sulfone groups is 1. The van der Waals surface area contributed by atoms with Gasteiger partial charge in [0.2, 0.25) is 10.0 Å². The maximum absolute atomic E-state index is 12.3. The average molecular weight is 377 g/mol. The monoisotopic (exact) mass is 376 g/mol. The Kier molecular flexibility index (Phi) is 6.24. The van der Waals surface area contributed by atoms with Gasteiger partial charge in [-0.05, 0) is 43.0 Å². The largest absolute Gasteiger partial charge is 0.493 e. The Hall–Kier alpha value is -1.16. The van der Waals surface area contributed by atoms with Gasteiger partial charge in [-0.25, -0.2) is 21.6 Å². The smallest absolute Gasteiger partial charge is 0.240 e. The molecule has 1 unspecified atom stereocenters. The molecule has 0 heterocycles. The highest BCUT2D eigenvalue weighted by molar-refractivity contribution is 7.91. The predicted octanol–water partition coefficient (Wildman–Crippen LogP) is 0.516. The number of hydrogen-bond donors (Lipinski definition) is 2. The Balaban J connectivity index is 1.95. The van der Waals surface area contributed by atoms with E-state index in [4.69, 9.17) is 10.5 Å². The van der Waals surface area contributed by atoms with E-state index in [9.17, 15) is 16.8 Å². The van der Waals surface area contributed by atoms with Crippen LogP contribution in [0.15, 0.2) is 29.2 Å². The van der Waals surface area contributed by atoms with Crippen LogP contribution in [0.2, 0.25) is 0 Å². The van der Waals surface area contributed by atoms with Gasteiger partial charge in [0.15, 0.2) is 9.84 Å². The Morgan fingerprint density at radius 2 is 1.83 bits per heavy atom. The van der Waals surface area contributed by atoms with Crippen molar-refractivity contribution in [1.82, 2.24) is 4.72 Å². The Morgan fingerprint density at radius 1 is 1.21 bits per heavy atom. The molecule has 136 valence electrons. The van der Waals surface area contributed by atoms with Crippen molar-refractivity contribution in [2.75, 3.05) is 24.7 Å². The summed E-state index contributed by atoms with van der Waals surface area (Å²) in [6.45, 7) is 1.90. The van der Waals surface area contributed by atoms with Crippen molar-refractivity contribution in [2.45, 2.75) is 30.7 Å². The molecule has 1 aromatic rings. The fourth-order valence-electron chi connectivity index (χ4n) is 2.25. The molecule has 1 aliphatic carbocycles. The van der Waals surface area contributed by atoms with Crippen LogP contribution in [0.3, 0.4) is 0 Å². The van der Waals surface area contributed by atoms with Crippen molar-refractivity contribution >= 4 is 19.9 Å². The van der Waals surface area contributed by atoms with E-state index in [-0.39, 0.29) is 35.6 Å². The molecule has 2 rings (SSSR count). The van der Waals surface area contributed by atoms with Gasteiger partial charge in [-0.3, -0.25) is 0 Å². The average Bonchev–Trinajstić information content (AvgIpc) is 3.38. The molecule has 0 bridgehead atoms. The molecule has 1 saturated carbocycles. The summed E-state index contributed by atoms with van der Waals surface area (Å²) in [6.07, 6.45) is 2.00. The normalized spacial score (nSPS) is 16.8. The van der Waals surface area contributed by atoms with E-state index in [0.29, 0.717) is 11.7 Å². The highest BCUT2D eigenvalue weighted by Crippen LogP contribution is 2.33. The molecule has 0 amide bonds. The lowest BCUT2D eigenvalue weighted by molar-refractivity contribution is 0.340. The SMILES string of the molecule is CCS(=O)(=O)CCOc1ccc(S(=O)(=O)NC(CN)C2CC2)cc1. The minimum Gasteiger partial charge on any atom is -0.493 e. The van der Waals surface area contributed by atoms with Gasteiger partial charge in [-0.15, -0.1) is 0 Å². The van der Waals surface area contributed by atoms with E-state index in [1.807, 2.05) is 0 Å². The first-order valence-corrected chi connectivity index (χ1v) is 11.2. The van der Waals surface area contributed by atoms with Crippen molar-refractivity contribution in [1.29, 1.82) is 0 Å². The number of nitrogens with one attached hydrogen (secondary N) is 1. The van der Waals surface area contributed by atoms with Crippen LogP contribution in [0, 0.1) is 5.92 Å². The number of hydrogen-bond acceptors (Lipinski definition) is 6. The molecule has 24 heavy (non-hydrogen) atoms. The van der Waals surface area contributed by atoms with Crippen molar-refractivity contribution in [3.8, 4) is 5.75 Å². The summed E-state index contributed by atoms with van der Waals surface area (Å²) < 4.78 is 55.4. The number of nitrogens with two attached hydrogens (primary N) is 1. The minimum atomic E-state index is -3.62. The molecular formula is C15H24N2O5S2. The van der Waals surface area contributed by atoms with Crippen molar-refractivity contribution in [2.24, 2.45) is 11.7 Å². The highest BCUT2D eigenvalue weighted by atomic mass is 32.2. The molecule has 1 aromatic carbocycles. The van der Waals surface area contributed by atoms with Crippen LogP contribution in [0.5, 0.6) is 5.75 Å². The van der Waals surface area contributed by atoms with Gasteiger partial charge < -0.3 is 10.5 Å². The molecule has 7 nitrogen and oxygen atoms in total. The second-order valence-electron chi connectivity index (χ2n) is 5.86. The van der Waals surface area contributed by atoms with Gasteiger partial charge >= 0.3 is 0 Å². The number of benzene rings is 1. The first-order chi connectivity index (χ1) is 11.3. The molecule has 1 fully saturated rings. The molecule has 0 saturated heterocycles. The van der Waals surface area contributed by atoms with E-state index in [1.54, 1.807) is 6.92 Å². The molecule has 1 atom stereocenters. The third-order valence-electron chi connectivity index (χ3n) is 3.99. The first-order valence-electron chi connectivity index (χ1n) is 7.93. The molecule has 1 aliphatic rings. The first kappa shape index (κ1) is 19.2. The maximum atomic E-state index is 12.3. The van der Waals surface area contributed by atoms with Crippen LogP contribution in [-0.4, -0.2) is 47.5 Å². The maximum Gasteiger partial charge on any atom is 0.240 e. The summed E-state index contributed by atoms with van der Waals surface area (Å²) in [6, 6.07) is 5.67. The number of ether oxygens (including phenoxy) is 1. The molecule has 0 aromatic heterocycles. The van der Waals surface area contributed by atoms with Crippen LogP contribution in [-0.2, 0) is 19.9 Å². The molecular weight excluding hydrogens is 352 g/mol. The summed E-state index contributed by atoms with van der Waals surface area (Å²) in [7, 11) is -6.70. The van der Waals surface area contributed by atoms with Gasteiger partial charge in [0.25, 0.3) is 0 Å². The quantitative estimate of drug-likeness (QED) is 0.615. The number of sulfonamides is 1. The summed E-state index contributed by atoms with van der Waals surface area (Å²) in [5, 5.41) is 0. The fourth-order valence-corrected chi connectivity index (χ4v) is 4.19. The Bertz CT molecular complexity index is 741. The van der Waals surface area contributed by atoms with Crippen LogP contribution in [0.25, 0.3) is 0 Å². The molecule has 0 spiro atoms. The minimum absolute atomic E-state index is 0.0391. The molecule has 9 heteroatoms. The van der Waals surface area contributed by atoms with Gasteiger partial charge in [-0.2, -0.15) is 0 Å². The second kappa shape index (κ2) is 7.81. The van der Waals surface area contributed by atoms with Crippen LogP contribution < -0.4 is 15.2 Å². The van der Waals surface area contributed by atoms with Crippen molar-refractivity contribution < 1.29 is 21.6 Å². The van der Waals surface area contributed by atoms with E-state index < -0.39 is 19.9 Å². The summed E-state index contributed by atoms with van der Waals surface area (Å²) >= 11 is 0. The van der Waals surface area contributed by atoms with Crippen molar-refractivity contribution in [3.63, 3.8) is 0 Å². The summed E-state index contributed by atoms with van der Waals surface area (Å²) in [5.41, 5.74) is 5.63. The van der Waals surface area contributed by atoms with E-state index in [2.05, 4.69) is 4.72 Å². The summed E-state index contributed by atoms with van der Waals surface area (Å²) in [5.74, 6) is 0.762. The lowest BCUT2D eigenvalue weighted by Gasteiger charge is -2.16. The molecule has 0 radical (unpaired) electrons. The summed E-state index contributed by atoms with van der Waals surface area (Å²) in [4.78, 5) is 0.134. The van der Waals surface area contributed by atoms with E-state index in [1.165, 1.54) is 24.3 Å². The van der Waals surface area contributed by atoms with E-state index >= 15 is 0 Å². The lowest BCUT2D eigenvalue weighted by Crippen LogP contribution is -2.41. The third kappa shape index (κ3) is 5.44. The molecule has 0 aliphatic heterocycles. The van der Waals surface area contributed by atoms with Gasteiger partial charge in [0, 0.05) is 18.3 Å². The van der Waals surface area contributed by atoms with Gasteiger partial charge in [0.05, 0.1) is 10.6 Å². The van der Waals surface area contributed by atoms with Gasteiger partial charge in [0.1, 0.15) is 12.4 Å². The lowest BCUT2D eigenvalue weighted by atomic mass is 10.2. The second-order valence-corrected chi connectivity index (χ2v) is 10.0. The van der Waals surface area contributed by atoms with Crippen LogP contribution in [0.1, 0.15) is 19.8 Å². The molecule has 3 N–H and O–H groups in total. The standard InChI is InChI=1S/C15H24N2O5S2/c1-2-23(18,19)10-9-22-13-5-7-14(8-6-13)24(20,21)17-15(11-16)12-3-4-12/h5-8,12,15,17H,2-4,9-11,16H2,1H3. The zero-order valence-corrected chi connectivity index (χ0v) is 15.3. The fraction of sp³-hybridized carbons (Fsp3) is 0.600. The number of rotatable bonds is 10. The van der Waals surface area contributed by atoms with Crippen LogP contribution in [0.4, 0.5) is 0 Å². The third-order valence-corrected chi connectivity index (χ3v) is 7.16. The topological polar surface area (TPSA) is 116 Å². The zero-order valence-electron chi connectivity index (χ0n) is 13.6.